The molecule has 0 heterocycles. The van der Waals surface area contributed by atoms with E-state index in [-0.39, 0.29) is 11.9 Å². The van der Waals surface area contributed by atoms with E-state index < -0.39 is 0 Å². The molecule has 126 valence electrons. The number of methoxy groups -OCH3 is 1. The summed E-state index contributed by atoms with van der Waals surface area (Å²) in [5.74, 6) is 1.17. The highest BCUT2D eigenvalue weighted by Crippen LogP contribution is 2.33. The maximum atomic E-state index is 11.1. The lowest BCUT2D eigenvalue weighted by Gasteiger charge is -2.19. The fourth-order valence-electron chi connectivity index (χ4n) is 2.91. The molecule has 0 saturated heterocycles. The van der Waals surface area contributed by atoms with E-state index in [0.717, 1.165) is 11.3 Å². The van der Waals surface area contributed by atoms with Crippen molar-refractivity contribution >= 4 is 5.97 Å². The standard InChI is InChI=1S/C22H20O3/c1-16(23)25-21-14-10-19(11-15-21)22(17-6-4-3-5-7-17)18-8-12-20(24-2)13-9-18/h3-15,22H,1-2H3. The Morgan fingerprint density at radius 2 is 1.20 bits per heavy atom. The van der Waals surface area contributed by atoms with E-state index in [1.807, 2.05) is 54.6 Å². The molecule has 1 unspecified atom stereocenters. The number of hydrogen-bond donors (Lipinski definition) is 0. The van der Waals surface area contributed by atoms with Gasteiger partial charge in [0, 0.05) is 12.8 Å². The van der Waals surface area contributed by atoms with Crippen LogP contribution in [0.5, 0.6) is 11.5 Å². The van der Waals surface area contributed by atoms with Gasteiger partial charge in [-0.25, -0.2) is 0 Å². The Bertz CT molecular complexity index is 821. The number of carbonyl (C=O) groups excluding carboxylic acids is 1. The number of ether oxygens (including phenoxy) is 2. The first-order valence-electron chi connectivity index (χ1n) is 8.14. The summed E-state index contributed by atoms with van der Waals surface area (Å²) >= 11 is 0. The number of carbonyl (C=O) groups is 1. The molecule has 1 atom stereocenters. The monoisotopic (exact) mass is 332 g/mol. The first kappa shape index (κ1) is 16.8. The van der Waals surface area contributed by atoms with Crippen LogP contribution in [0.15, 0.2) is 78.9 Å². The lowest BCUT2D eigenvalue weighted by Crippen LogP contribution is -2.05. The Hall–Kier alpha value is -3.07. The minimum Gasteiger partial charge on any atom is -0.497 e. The van der Waals surface area contributed by atoms with Gasteiger partial charge in [0.1, 0.15) is 11.5 Å². The molecule has 3 nitrogen and oxygen atoms in total. The summed E-state index contributed by atoms with van der Waals surface area (Å²) in [4.78, 5) is 11.1. The van der Waals surface area contributed by atoms with Crippen molar-refractivity contribution in [2.24, 2.45) is 0 Å². The van der Waals surface area contributed by atoms with Crippen molar-refractivity contribution in [3.8, 4) is 11.5 Å². The first-order chi connectivity index (χ1) is 12.2. The van der Waals surface area contributed by atoms with Crippen molar-refractivity contribution < 1.29 is 14.3 Å². The Labute approximate surface area is 147 Å². The molecule has 0 aliphatic heterocycles. The van der Waals surface area contributed by atoms with Gasteiger partial charge in [0.05, 0.1) is 7.11 Å². The molecular formula is C22H20O3. The Morgan fingerprint density at radius 3 is 1.68 bits per heavy atom. The topological polar surface area (TPSA) is 35.5 Å². The van der Waals surface area contributed by atoms with Gasteiger partial charge in [0.25, 0.3) is 0 Å². The second-order valence-electron chi connectivity index (χ2n) is 5.78. The number of rotatable bonds is 5. The largest absolute Gasteiger partial charge is 0.497 e. The highest BCUT2D eigenvalue weighted by Gasteiger charge is 2.17. The van der Waals surface area contributed by atoms with Crippen LogP contribution < -0.4 is 9.47 Å². The molecule has 0 radical (unpaired) electrons. The second kappa shape index (κ2) is 7.67. The summed E-state index contributed by atoms with van der Waals surface area (Å²) in [5, 5.41) is 0. The van der Waals surface area contributed by atoms with E-state index in [9.17, 15) is 4.79 Å². The van der Waals surface area contributed by atoms with Crippen LogP contribution in [0.4, 0.5) is 0 Å². The van der Waals surface area contributed by atoms with Crippen LogP contribution in [-0.2, 0) is 4.79 Å². The van der Waals surface area contributed by atoms with E-state index in [1.165, 1.54) is 18.1 Å². The van der Waals surface area contributed by atoms with Gasteiger partial charge in [-0.3, -0.25) is 4.79 Å². The molecule has 25 heavy (non-hydrogen) atoms. The highest BCUT2D eigenvalue weighted by molar-refractivity contribution is 5.69. The molecule has 0 aromatic heterocycles. The van der Waals surface area contributed by atoms with Crippen LogP contribution >= 0.6 is 0 Å². The normalized spacial score (nSPS) is 11.6. The van der Waals surface area contributed by atoms with Crippen LogP contribution in [0.25, 0.3) is 0 Å². The molecule has 0 saturated carbocycles. The lowest BCUT2D eigenvalue weighted by atomic mass is 9.85. The van der Waals surface area contributed by atoms with Crippen molar-refractivity contribution in [1.29, 1.82) is 0 Å². The zero-order chi connectivity index (χ0) is 17.6. The number of benzene rings is 3. The van der Waals surface area contributed by atoms with Crippen molar-refractivity contribution in [2.45, 2.75) is 12.8 Å². The lowest BCUT2D eigenvalue weighted by molar-refractivity contribution is -0.131. The van der Waals surface area contributed by atoms with E-state index in [0.29, 0.717) is 5.75 Å². The van der Waals surface area contributed by atoms with Gasteiger partial charge in [-0.15, -0.1) is 0 Å². The van der Waals surface area contributed by atoms with Crippen LogP contribution in [0, 0.1) is 0 Å². The summed E-state index contributed by atoms with van der Waals surface area (Å²) in [6, 6.07) is 26.1. The van der Waals surface area contributed by atoms with Crippen LogP contribution in [-0.4, -0.2) is 13.1 Å². The molecule has 0 fully saturated rings. The van der Waals surface area contributed by atoms with Crippen molar-refractivity contribution in [3.63, 3.8) is 0 Å². The van der Waals surface area contributed by atoms with Crippen molar-refractivity contribution in [2.75, 3.05) is 7.11 Å². The molecule has 3 aromatic carbocycles. The molecule has 3 aromatic rings. The van der Waals surface area contributed by atoms with Crippen molar-refractivity contribution in [1.82, 2.24) is 0 Å². The predicted molar refractivity (Wildman–Crippen MR) is 98.1 cm³/mol. The summed E-state index contributed by atoms with van der Waals surface area (Å²) in [6.45, 7) is 1.40. The van der Waals surface area contributed by atoms with Gasteiger partial charge >= 0.3 is 5.97 Å². The maximum absolute atomic E-state index is 11.1. The summed E-state index contributed by atoms with van der Waals surface area (Å²) < 4.78 is 10.4. The maximum Gasteiger partial charge on any atom is 0.308 e. The van der Waals surface area contributed by atoms with Gasteiger partial charge < -0.3 is 9.47 Å². The molecule has 0 spiro atoms. The highest BCUT2D eigenvalue weighted by atomic mass is 16.5. The minimum absolute atomic E-state index is 0.0958. The Morgan fingerprint density at radius 1 is 0.720 bits per heavy atom. The zero-order valence-corrected chi connectivity index (χ0v) is 14.3. The third kappa shape index (κ3) is 4.07. The summed E-state index contributed by atoms with van der Waals surface area (Å²) in [5.41, 5.74) is 3.51. The van der Waals surface area contributed by atoms with Crippen molar-refractivity contribution in [3.05, 3.63) is 95.6 Å². The van der Waals surface area contributed by atoms with E-state index >= 15 is 0 Å². The second-order valence-corrected chi connectivity index (χ2v) is 5.78. The van der Waals surface area contributed by atoms with Crippen LogP contribution in [0.3, 0.4) is 0 Å². The molecule has 0 amide bonds. The summed E-state index contributed by atoms with van der Waals surface area (Å²) in [7, 11) is 1.66. The average molecular weight is 332 g/mol. The smallest absolute Gasteiger partial charge is 0.308 e. The average Bonchev–Trinajstić information content (AvgIpc) is 2.64. The fourth-order valence-corrected chi connectivity index (χ4v) is 2.91. The fraction of sp³-hybridized carbons (Fsp3) is 0.136. The molecule has 0 N–H and O–H groups in total. The molecular weight excluding hydrogens is 312 g/mol. The van der Waals surface area contributed by atoms with Gasteiger partial charge in [-0.1, -0.05) is 54.6 Å². The third-order valence-corrected chi connectivity index (χ3v) is 4.06. The SMILES string of the molecule is COc1ccc(C(c2ccccc2)c2ccc(OC(C)=O)cc2)cc1. The van der Waals surface area contributed by atoms with E-state index in [1.54, 1.807) is 7.11 Å². The van der Waals surface area contributed by atoms with Crippen LogP contribution in [0.1, 0.15) is 29.5 Å². The van der Waals surface area contributed by atoms with Gasteiger partial charge in [0.15, 0.2) is 0 Å². The Kier molecular flexibility index (Phi) is 5.14. The zero-order valence-electron chi connectivity index (χ0n) is 14.3. The van der Waals surface area contributed by atoms with Gasteiger partial charge in [-0.2, -0.15) is 0 Å². The Balaban J connectivity index is 2.00. The van der Waals surface area contributed by atoms with Gasteiger partial charge in [0.2, 0.25) is 0 Å². The van der Waals surface area contributed by atoms with E-state index in [4.69, 9.17) is 9.47 Å². The molecule has 3 heteroatoms. The third-order valence-electron chi connectivity index (χ3n) is 4.06. The van der Waals surface area contributed by atoms with E-state index in [2.05, 4.69) is 24.3 Å². The number of esters is 1. The molecule has 0 aliphatic rings. The first-order valence-corrected chi connectivity index (χ1v) is 8.14. The molecule has 0 bridgehead atoms. The molecule has 0 aliphatic carbocycles. The van der Waals surface area contributed by atoms with Gasteiger partial charge in [-0.05, 0) is 41.0 Å². The van der Waals surface area contributed by atoms with Crippen LogP contribution in [0.2, 0.25) is 0 Å². The minimum atomic E-state index is -0.317. The predicted octanol–water partition coefficient (Wildman–Crippen LogP) is 4.80. The quantitative estimate of drug-likeness (QED) is 0.382. The number of hydrogen-bond acceptors (Lipinski definition) is 3. The summed E-state index contributed by atoms with van der Waals surface area (Å²) in [6.07, 6.45) is 0. The molecule has 3 rings (SSSR count).